The molecule has 1 amide bonds. The molecule has 0 radical (unpaired) electrons. The van der Waals surface area contributed by atoms with Crippen LogP contribution in [-0.4, -0.2) is 50.3 Å². The van der Waals surface area contributed by atoms with Crippen molar-refractivity contribution >= 4 is 21.7 Å². The first-order valence-corrected chi connectivity index (χ1v) is 8.16. The van der Waals surface area contributed by atoms with Crippen molar-refractivity contribution in [3.63, 3.8) is 0 Å². The molecule has 0 saturated heterocycles. The maximum Gasteiger partial charge on any atom is 0.244 e. The van der Waals surface area contributed by atoms with Gasteiger partial charge in [-0.1, -0.05) is 6.92 Å². The fourth-order valence-electron chi connectivity index (χ4n) is 1.52. The van der Waals surface area contributed by atoms with Crippen LogP contribution in [0, 0.1) is 0 Å². The number of rotatable bonds is 7. The van der Waals surface area contributed by atoms with Gasteiger partial charge in [0.2, 0.25) is 15.9 Å². The highest BCUT2D eigenvalue weighted by atomic mass is 32.2. The fourth-order valence-corrected chi connectivity index (χ4v) is 2.37. The van der Waals surface area contributed by atoms with Crippen LogP contribution in [-0.2, 0) is 14.8 Å². The number of anilines is 1. The van der Waals surface area contributed by atoms with E-state index in [1.807, 2.05) is 6.92 Å². The van der Waals surface area contributed by atoms with E-state index in [9.17, 15) is 13.2 Å². The molecule has 1 heterocycles. The standard InChI is InChI=1S/C13H22N4O3S/c1-5-8-14-13(18)10(2)16-12-7-6-11(9-15-12)21(19,20)17(3)4/h6-7,9-10H,5,8H2,1-4H3,(H,14,18)(H,15,16). The van der Waals surface area contributed by atoms with Crippen molar-refractivity contribution in [1.29, 1.82) is 0 Å². The third-order valence-electron chi connectivity index (χ3n) is 2.82. The maximum atomic E-state index is 11.9. The summed E-state index contributed by atoms with van der Waals surface area (Å²) in [6.07, 6.45) is 2.14. The van der Waals surface area contributed by atoms with E-state index < -0.39 is 16.1 Å². The zero-order valence-electron chi connectivity index (χ0n) is 12.8. The second-order valence-corrected chi connectivity index (χ2v) is 6.98. The molecule has 0 spiro atoms. The average molecular weight is 314 g/mol. The number of amides is 1. The van der Waals surface area contributed by atoms with E-state index in [0.29, 0.717) is 12.4 Å². The molecule has 0 bridgehead atoms. The van der Waals surface area contributed by atoms with Gasteiger partial charge < -0.3 is 10.6 Å². The average Bonchev–Trinajstić information content (AvgIpc) is 2.45. The van der Waals surface area contributed by atoms with Crippen molar-refractivity contribution < 1.29 is 13.2 Å². The summed E-state index contributed by atoms with van der Waals surface area (Å²) in [4.78, 5) is 15.9. The van der Waals surface area contributed by atoms with E-state index >= 15 is 0 Å². The minimum Gasteiger partial charge on any atom is -0.359 e. The molecule has 1 rings (SSSR count). The van der Waals surface area contributed by atoms with Crippen molar-refractivity contribution in [1.82, 2.24) is 14.6 Å². The monoisotopic (exact) mass is 314 g/mol. The second kappa shape index (κ2) is 7.37. The predicted octanol–water partition coefficient (Wildman–Crippen LogP) is 0.659. The Morgan fingerprint density at radius 3 is 2.52 bits per heavy atom. The van der Waals surface area contributed by atoms with Gasteiger partial charge in [0.05, 0.1) is 0 Å². The molecule has 1 unspecified atom stereocenters. The van der Waals surface area contributed by atoms with Gasteiger partial charge in [-0.15, -0.1) is 0 Å². The first-order chi connectivity index (χ1) is 9.78. The number of aromatic nitrogens is 1. The van der Waals surface area contributed by atoms with Crippen LogP contribution in [0.5, 0.6) is 0 Å². The third-order valence-corrected chi connectivity index (χ3v) is 4.62. The summed E-state index contributed by atoms with van der Waals surface area (Å²) in [5.74, 6) is 0.329. The van der Waals surface area contributed by atoms with Crippen molar-refractivity contribution in [2.24, 2.45) is 0 Å². The molecule has 21 heavy (non-hydrogen) atoms. The molecule has 1 atom stereocenters. The van der Waals surface area contributed by atoms with Crippen LogP contribution in [0.4, 0.5) is 5.82 Å². The summed E-state index contributed by atoms with van der Waals surface area (Å²) in [7, 11) is -0.567. The number of pyridine rings is 1. The number of sulfonamides is 1. The maximum absolute atomic E-state index is 11.9. The lowest BCUT2D eigenvalue weighted by Gasteiger charge is -2.15. The van der Waals surface area contributed by atoms with Crippen LogP contribution in [0.1, 0.15) is 20.3 Å². The Kier molecular flexibility index (Phi) is 6.10. The van der Waals surface area contributed by atoms with Gasteiger partial charge in [-0.2, -0.15) is 0 Å². The summed E-state index contributed by atoms with van der Waals surface area (Å²) < 4.78 is 24.9. The molecular weight excluding hydrogens is 292 g/mol. The Balaban J connectivity index is 2.73. The molecule has 0 saturated carbocycles. The molecule has 8 heteroatoms. The van der Waals surface area contributed by atoms with Crippen LogP contribution >= 0.6 is 0 Å². The Hall–Kier alpha value is -1.67. The summed E-state index contributed by atoms with van der Waals surface area (Å²) in [6, 6.07) is 2.56. The van der Waals surface area contributed by atoms with Crippen LogP contribution in [0.3, 0.4) is 0 Å². The third kappa shape index (κ3) is 4.68. The Morgan fingerprint density at radius 2 is 2.05 bits per heavy atom. The molecule has 0 aliphatic rings. The SMILES string of the molecule is CCCNC(=O)C(C)Nc1ccc(S(=O)(=O)N(C)C)cn1. The lowest BCUT2D eigenvalue weighted by atomic mass is 10.3. The van der Waals surface area contributed by atoms with Crippen LogP contribution in [0.15, 0.2) is 23.2 Å². The molecule has 2 N–H and O–H groups in total. The number of hydrogen-bond donors (Lipinski definition) is 2. The van der Waals surface area contributed by atoms with E-state index in [-0.39, 0.29) is 10.8 Å². The fraction of sp³-hybridized carbons (Fsp3) is 0.538. The number of nitrogens with zero attached hydrogens (tertiary/aromatic N) is 2. The van der Waals surface area contributed by atoms with Gasteiger partial charge in [0.15, 0.2) is 0 Å². The molecule has 0 aliphatic heterocycles. The zero-order valence-corrected chi connectivity index (χ0v) is 13.6. The van der Waals surface area contributed by atoms with Gasteiger partial charge in [-0.3, -0.25) is 4.79 Å². The minimum atomic E-state index is -3.49. The van der Waals surface area contributed by atoms with Gasteiger partial charge in [-0.05, 0) is 25.5 Å². The number of hydrogen-bond acceptors (Lipinski definition) is 5. The lowest BCUT2D eigenvalue weighted by Crippen LogP contribution is -2.38. The van der Waals surface area contributed by atoms with Crippen LogP contribution < -0.4 is 10.6 Å². The summed E-state index contributed by atoms with van der Waals surface area (Å²) in [5, 5.41) is 5.70. The largest absolute Gasteiger partial charge is 0.359 e. The van der Waals surface area contributed by atoms with E-state index in [0.717, 1.165) is 10.7 Å². The normalized spacial score (nSPS) is 13.0. The van der Waals surface area contributed by atoms with Gasteiger partial charge in [0, 0.05) is 26.8 Å². The van der Waals surface area contributed by atoms with E-state index in [1.54, 1.807) is 13.0 Å². The summed E-state index contributed by atoms with van der Waals surface area (Å²) >= 11 is 0. The Bertz CT molecular complexity index is 570. The number of carbonyl (C=O) groups is 1. The Labute approximate surface area is 125 Å². The van der Waals surface area contributed by atoms with Crippen molar-refractivity contribution in [3.05, 3.63) is 18.3 Å². The van der Waals surface area contributed by atoms with Crippen LogP contribution in [0.25, 0.3) is 0 Å². The number of nitrogens with one attached hydrogen (secondary N) is 2. The van der Waals surface area contributed by atoms with E-state index in [2.05, 4.69) is 15.6 Å². The highest BCUT2D eigenvalue weighted by Gasteiger charge is 2.18. The molecule has 0 aromatic carbocycles. The van der Waals surface area contributed by atoms with E-state index in [1.165, 1.54) is 26.4 Å². The quantitative estimate of drug-likeness (QED) is 0.771. The van der Waals surface area contributed by atoms with Crippen molar-refractivity contribution in [2.45, 2.75) is 31.2 Å². The van der Waals surface area contributed by atoms with Gasteiger partial charge in [0.1, 0.15) is 16.8 Å². The molecule has 1 aromatic rings. The molecule has 1 aromatic heterocycles. The first kappa shape index (κ1) is 17.4. The minimum absolute atomic E-state index is 0.112. The molecule has 0 aliphatic carbocycles. The highest BCUT2D eigenvalue weighted by molar-refractivity contribution is 7.89. The van der Waals surface area contributed by atoms with E-state index in [4.69, 9.17) is 0 Å². The summed E-state index contributed by atoms with van der Waals surface area (Å²) in [5.41, 5.74) is 0. The molecular formula is C13H22N4O3S. The van der Waals surface area contributed by atoms with Gasteiger partial charge in [0.25, 0.3) is 0 Å². The Morgan fingerprint density at radius 1 is 1.38 bits per heavy atom. The molecule has 0 fully saturated rings. The number of carbonyl (C=O) groups excluding carboxylic acids is 1. The smallest absolute Gasteiger partial charge is 0.244 e. The van der Waals surface area contributed by atoms with Crippen molar-refractivity contribution in [2.75, 3.05) is 26.0 Å². The highest BCUT2D eigenvalue weighted by Crippen LogP contribution is 2.14. The predicted molar refractivity (Wildman–Crippen MR) is 81.5 cm³/mol. The van der Waals surface area contributed by atoms with Gasteiger partial charge in [-0.25, -0.2) is 17.7 Å². The van der Waals surface area contributed by atoms with Crippen LogP contribution in [0.2, 0.25) is 0 Å². The summed E-state index contributed by atoms with van der Waals surface area (Å²) in [6.45, 7) is 4.32. The second-order valence-electron chi connectivity index (χ2n) is 4.82. The lowest BCUT2D eigenvalue weighted by molar-refractivity contribution is -0.121. The first-order valence-electron chi connectivity index (χ1n) is 6.72. The topological polar surface area (TPSA) is 91.4 Å². The molecule has 7 nitrogen and oxygen atoms in total. The zero-order chi connectivity index (χ0) is 16.0. The molecule has 118 valence electrons. The van der Waals surface area contributed by atoms with Crippen molar-refractivity contribution in [3.8, 4) is 0 Å². The van der Waals surface area contributed by atoms with Gasteiger partial charge >= 0.3 is 0 Å².